The molecule has 0 bridgehead atoms. The van der Waals surface area contributed by atoms with Crippen molar-refractivity contribution in [2.24, 2.45) is 0 Å². The highest BCUT2D eigenvalue weighted by molar-refractivity contribution is 5.72. The van der Waals surface area contributed by atoms with Crippen molar-refractivity contribution in [3.05, 3.63) is 29.8 Å². The van der Waals surface area contributed by atoms with E-state index in [1.807, 2.05) is 12.1 Å². The van der Waals surface area contributed by atoms with E-state index < -0.39 is 6.09 Å². The van der Waals surface area contributed by atoms with E-state index in [2.05, 4.69) is 10.1 Å². The third kappa shape index (κ3) is 4.63. The van der Waals surface area contributed by atoms with Gasteiger partial charge in [-0.25, -0.2) is 4.79 Å². The highest BCUT2D eigenvalue weighted by Crippen LogP contribution is 2.13. The van der Waals surface area contributed by atoms with Crippen LogP contribution in [0, 0.1) is 0 Å². The second-order valence-corrected chi connectivity index (χ2v) is 5.09. The van der Waals surface area contributed by atoms with Gasteiger partial charge in [-0.3, -0.25) is 4.79 Å². The van der Waals surface area contributed by atoms with Crippen molar-refractivity contribution >= 4 is 12.1 Å². The molecule has 1 saturated heterocycles. The highest BCUT2D eigenvalue weighted by Gasteiger charge is 2.22. The Kier molecular flexibility index (Phi) is 5.60. The molecule has 1 aromatic rings. The fraction of sp³-hybridized carbons (Fsp3) is 0.467. The summed E-state index contributed by atoms with van der Waals surface area (Å²) in [5.41, 5.74) is 0.854. The predicted octanol–water partition coefficient (Wildman–Crippen LogP) is 0.733. The number of carbonyl (C=O) groups is 2. The van der Waals surface area contributed by atoms with E-state index in [9.17, 15) is 9.59 Å². The maximum atomic E-state index is 11.2. The molecule has 1 aliphatic rings. The number of amides is 1. The molecule has 0 aromatic heterocycles. The number of nitrogens with zero attached hydrogens (tertiary/aromatic N) is 1. The summed E-state index contributed by atoms with van der Waals surface area (Å²) in [6.45, 7) is 1.92. The van der Waals surface area contributed by atoms with Crippen molar-refractivity contribution in [3.63, 3.8) is 0 Å². The Morgan fingerprint density at radius 3 is 2.73 bits per heavy atom. The molecule has 1 aromatic carbocycles. The van der Waals surface area contributed by atoms with Crippen LogP contribution in [0.1, 0.15) is 5.56 Å². The number of carboxylic acid groups (broad SMARTS) is 1. The smallest absolute Gasteiger partial charge is 0.407 e. The Morgan fingerprint density at radius 2 is 2.09 bits per heavy atom. The number of hydrogen-bond acceptors (Lipinski definition) is 5. The Morgan fingerprint density at radius 1 is 1.36 bits per heavy atom. The van der Waals surface area contributed by atoms with Gasteiger partial charge in [0, 0.05) is 19.6 Å². The third-order valence-electron chi connectivity index (χ3n) is 3.48. The molecule has 7 nitrogen and oxygen atoms in total. The van der Waals surface area contributed by atoms with Gasteiger partial charge < -0.3 is 24.8 Å². The Hall–Kier alpha value is -2.28. The van der Waals surface area contributed by atoms with Crippen LogP contribution in [0.3, 0.4) is 0 Å². The van der Waals surface area contributed by atoms with Crippen molar-refractivity contribution in [2.75, 3.05) is 33.4 Å². The van der Waals surface area contributed by atoms with Gasteiger partial charge in [0.1, 0.15) is 12.4 Å². The number of methoxy groups -OCH3 is 1. The minimum absolute atomic E-state index is 0.0282. The van der Waals surface area contributed by atoms with Gasteiger partial charge in [-0.1, -0.05) is 12.1 Å². The molecule has 1 amide bonds. The van der Waals surface area contributed by atoms with Crippen LogP contribution in [0.2, 0.25) is 0 Å². The molecule has 1 fully saturated rings. The van der Waals surface area contributed by atoms with E-state index in [-0.39, 0.29) is 18.4 Å². The molecule has 1 unspecified atom stereocenters. The zero-order valence-electron chi connectivity index (χ0n) is 12.4. The summed E-state index contributed by atoms with van der Waals surface area (Å²) in [5.74, 6) is 0.400. The SMILES string of the molecule is COC(=O)Cc1ccc(OCC2CN(C(=O)O)CCN2)cc1. The first kappa shape index (κ1) is 16.1. The first-order valence-corrected chi connectivity index (χ1v) is 7.08. The van der Waals surface area contributed by atoms with Crippen LogP contribution in [0.5, 0.6) is 5.75 Å². The number of nitrogens with one attached hydrogen (secondary N) is 1. The fourth-order valence-electron chi connectivity index (χ4n) is 2.25. The van der Waals surface area contributed by atoms with E-state index >= 15 is 0 Å². The summed E-state index contributed by atoms with van der Waals surface area (Å²) < 4.78 is 10.3. The first-order valence-electron chi connectivity index (χ1n) is 7.08. The van der Waals surface area contributed by atoms with Gasteiger partial charge in [0.25, 0.3) is 0 Å². The van der Waals surface area contributed by atoms with Crippen molar-refractivity contribution in [3.8, 4) is 5.75 Å². The number of ether oxygens (including phenoxy) is 2. The van der Waals surface area contributed by atoms with Crippen LogP contribution in [0.4, 0.5) is 4.79 Å². The largest absolute Gasteiger partial charge is 0.492 e. The maximum Gasteiger partial charge on any atom is 0.407 e. The predicted molar refractivity (Wildman–Crippen MR) is 79.0 cm³/mol. The Labute approximate surface area is 128 Å². The number of esters is 1. The number of piperazine rings is 1. The molecule has 7 heteroatoms. The molecule has 2 rings (SSSR count). The van der Waals surface area contributed by atoms with Gasteiger partial charge in [-0.2, -0.15) is 0 Å². The lowest BCUT2D eigenvalue weighted by molar-refractivity contribution is -0.139. The zero-order valence-corrected chi connectivity index (χ0v) is 12.4. The van der Waals surface area contributed by atoms with E-state index in [1.54, 1.807) is 12.1 Å². The number of carbonyl (C=O) groups excluding carboxylic acids is 1. The van der Waals surface area contributed by atoms with E-state index in [0.717, 1.165) is 5.56 Å². The minimum Gasteiger partial charge on any atom is -0.492 e. The second-order valence-electron chi connectivity index (χ2n) is 5.09. The summed E-state index contributed by atoms with van der Waals surface area (Å²) in [6, 6.07) is 7.17. The van der Waals surface area contributed by atoms with Crippen LogP contribution in [-0.2, 0) is 16.0 Å². The van der Waals surface area contributed by atoms with Crippen LogP contribution in [0.15, 0.2) is 24.3 Å². The van der Waals surface area contributed by atoms with Crippen molar-refractivity contribution in [2.45, 2.75) is 12.5 Å². The molecule has 0 spiro atoms. The van der Waals surface area contributed by atoms with Gasteiger partial charge in [-0.15, -0.1) is 0 Å². The molecule has 22 heavy (non-hydrogen) atoms. The highest BCUT2D eigenvalue weighted by atomic mass is 16.5. The standard InChI is InChI=1S/C15H20N2O5/c1-21-14(18)8-11-2-4-13(5-3-11)22-10-12-9-17(15(19)20)7-6-16-12/h2-5,12,16H,6-10H2,1H3,(H,19,20). The molecule has 0 aliphatic carbocycles. The van der Waals surface area contributed by atoms with E-state index in [4.69, 9.17) is 9.84 Å². The molecule has 1 atom stereocenters. The summed E-state index contributed by atoms with van der Waals surface area (Å²) >= 11 is 0. The van der Waals surface area contributed by atoms with Crippen LogP contribution >= 0.6 is 0 Å². The average molecular weight is 308 g/mol. The lowest BCUT2D eigenvalue weighted by Crippen LogP contribution is -2.54. The first-order chi connectivity index (χ1) is 10.6. The Bertz CT molecular complexity index is 517. The molecule has 2 N–H and O–H groups in total. The number of hydrogen-bond donors (Lipinski definition) is 2. The van der Waals surface area contributed by atoms with Crippen LogP contribution in [-0.4, -0.2) is 61.5 Å². The van der Waals surface area contributed by atoms with Crippen molar-refractivity contribution < 1.29 is 24.2 Å². The normalized spacial score (nSPS) is 17.9. The summed E-state index contributed by atoms with van der Waals surface area (Å²) in [7, 11) is 1.36. The molecule has 1 heterocycles. The van der Waals surface area contributed by atoms with E-state index in [1.165, 1.54) is 12.0 Å². The Balaban J connectivity index is 1.81. The van der Waals surface area contributed by atoms with Crippen LogP contribution < -0.4 is 10.1 Å². The van der Waals surface area contributed by atoms with Gasteiger partial charge in [-0.05, 0) is 17.7 Å². The summed E-state index contributed by atoms with van der Waals surface area (Å²) in [6.07, 6.45) is -0.673. The number of rotatable bonds is 5. The zero-order chi connectivity index (χ0) is 15.9. The minimum atomic E-state index is -0.904. The number of benzene rings is 1. The molecule has 0 saturated carbocycles. The average Bonchev–Trinajstić information content (AvgIpc) is 2.54. The van der Waals surface area contributed by atoms with Gasteiger partial charge in [0.05, 0.1) is 19.6 Å². The summed E-state index contributed by atoms with van der Waals surface area (Å²) in [4.78, 5) is 23.5. The van der Waals surface area contributed by atoms with Crippen LogP contribution in [0.25, 0.3) is 0 Å². The topological polar surface area (TPSA) is 88.1 Å². The van der Waals surface area contributed by atoms with Gasteiger partial charge in [0.15, 0.2) is 0 Å². The lowest BCUT2D eigenvalue weighted by Gasteiger charge is -2.31. The second kappa shape index (κ2) is 7.65. The monoisotopic (exact) mass is 308 g/mol. The molecule has 120 valence electrons. The third-order valence-corrected chi connectivity index (χ3v) is 3.48. The lowest BCUT2D eigenvalue weighted by atomic mass is 10.1. The fourth-order valence-corrected chi connectivity index (χ4v) is 2.25. The van der Waals surface area contributed by atoms with E-state index in [0.29, 0.717) is 32.0 Å². The van der Waals surface area contributed by atoms with Gasteiger partial charge in [0.2, 0.25) is 0 Å². The molecular formula is C15H20N2O5. The molecule has 0 radical (unpaired) electrons. The molecular weight excluding hydrogens is 288 g/mol. The van der Waals surface area contributed by atoms with Gasteiger partial charge >= 0.3 is 12.1 Å². The maximum absolute atomic E-state index is 11.2. The van der Waals surface area contributed by atoms with Crippen molar-refractivity contribution in [1.82, 2.24) is 10.2 Å². The molecule has 1 aliphatic heterocycles. The van der Waals surface area contributed by atoms with Crippen molar-refractivity contribution in [1.29, 1.82) is 0 Å². The quantitative estimate of drug-likeness (QED) is 0.780. The summed E-state index contributed by atoms with van der Waals surface area (Å²) in [5, 5.41) is 12.2.